The minimum absolute atomic E-state index is 0.0361. The molecule has 0 spiro atoms. The van der Waals surface area contributed by atoms with Gasteiger partial charge in [-0.05, 0) is 19.9 Å². The molecule has 0 saturated carbocycles. The average Bonchev–Trinajstić information content (AvgIpc) is 2.35. The largest absolute Gasteiger partial charge is 0.353 e. The number of rotatable bonds is 5. The van der Waals surface area contributed by atoms with Crippen LogP contribution in [0.1, 0.15) is 20.8 Å². The molecule has 0 bridgehead atoms. The van der Waals surface area contributed by atoms with Crippen LogP contribution >= 0.6 is 0 Å². The van der Waals surface area contributed by atoms with Crippen LogP contribution in [-0.4, -0.2) is 67.6 Å². The van der Waals surface area contributed by atoms with Crippen LogP contribution in [0.2, 0.25) is 0 Å². The summed E-state index contributed by atoms with van der Waals surface area (Å²) in [5, 5.41) is 2.95. The third kappa shape index (κ3) is 4.55. The highest BCUT2D eigenvalue weighted by atomic mass is 16.2. The molecule has 1 rings (SSSR count). The smallest absolute Gasteiger partial charge is 0.237 e. The Morgan fingerprint density at radius 3 is 2.28 bits per heavy atom. The molecule has 1 amide bonds. The van der Waals surface area contributed by atoms with E-state index in [-0.39, 0.29) is 11.8 Å². The Bertz CT molecular complexity index is 262. The lowest BCUT2D eigenvalue weighted by atomic mass is 10.0. The first-order valence-corrected chi connectivity index (χ1v) is 6.87. The fourth-order valence-electron chi connectivity index (χ4n) is 2.06. The van der Waals surface area contributed by atoms with Gasteiger partial charge in [0.15, 0.2) is 0 Å². The number of carbonyl (C=O) groups is 1. The molecule has 3 N–H and O–H groups in total. The molecule has 0 aliphatic carbocycles. The summed E-state index contributed by atoms with van der Waals surface area (Å²) in [5.74, 6) is 0.148. The highest BCUT2D eigenvalue weighted by Gasteiger charge is 2.21. The number of hydrogen-bond donors (Lipinski definition) is 2. The highest BCUT2D eigenvalue weighted by Crippen LogP contribution is 2.04. The molecule has 1 heterocycles. The molecule has 1 unspecified atom stereocenters. The van der Waals surface area contributed by atoms with E-state index in [2.05, 4.69) is 29.1 Å². The monoisotopic (exact) mass is 256 g/mol. The van der Waals surface area contributed by atoms with Crippen molar-refractivity contribution in [3.8, 4) is 0 Å². The van der Waals surface area contributed by atoms with Gasteiger partial charge in [0.1, 0.15) is 0 Å². The number of nitrogens with two attached hydrogens (primary N) is 1. The lowest BCUT2D eigenvalue weighted by Crippen LogP contribution is -2.53. The second-order valence-electron chi connectivity index (χ2n) is 5.70. The van der Waals surface area contributed by atoms with Crippen LogP contribution in [0.25, 0.3) is 0 Å². The van der Waals surface area contributed by atoms with Crippen molar-refractivity contribution in [2.45, 2.75) is 32.9 Å². The van der Waals surface area contributed by atoms with Crippen molar-refractivity contribution in [1.82, 2.24) is 15.1 Å². The molecule has 0 aromatic rings. The summed E-state index contributed by atoms with van der Waals surface area (Å²) in [6, 6.07) is -0.0216. The van der Waals surface area contributed by atoms with Gasteiger partial charge in [-0.25, -0.2) is 0 Å². The van der Waals surface area contributed by atoms with Gasteiger partial charge in [0.2, 0.25) is 5.91 Å². The molecule has 1 fully saturated rings. The zero-order chi connectivity index (χ0) is 13.7. The lowest BCUT2D eigenvalue weighted by Gasteiger charge is -2.36. The highest BCUT2D eigenvalue weighted by molar-refractivity contribution is 5.81. The first-order valence-electron chi connectivity index (χ1n) is 6.87. The standard InChI is InChI=1S/C13H28N4O/c1-10(2)12(14)13(18)15-9-11(3)17-7-5-16(4)6-8-17/h10-12H,5-9,14H2,1-4H3,(H,15,18)/t11?,12-/m0/s1. The molecule has 1 aliphatic heterocycles. The molecule has 1 aliphatic rings. The fourth-order valence-corrected chi connectivity index (χ4v) is 2.06. The number of amides is 1. The minimum Gasteiger partial charge on any atom is -0.353 e. The van der Waals surface area contributed by atoms with E-state index >= 15 is 0 Å². The lowest BCUT2D eigenvalue weighted by molar-refractivity contribution is -0.123. The second kappa shape index (κ2) is 7.07. The number of nitrogens with zero attached hydrogens (tertiary/aromatic N) is 2. The fraction of sp³-hybridized carbons (Fsp3) is 0.923. The summed E-state index contributed by atoms with van der Waals surface area (Å²) < 4.78 is 0. The maximum absolute atomic E-state index is 11.8. The number of hydrogen-bond acceptors (Lipinski definition) is 4. The van der Waals surface area contributed by atoms with Crippen molar-refractivity contribution in [3.05, 3.63) is 0 Å². The summed E-state index contributed by atoms with van der Waals surface area (Å²) >= 11 is 0. The molecule has 0 aromatic heterocycles. The van der Waals surface area contributed by atoms with E-state index in [1.807, 2.05) is 13.8 Å². The van der Waals surface area contributed by atoms with E-state index in [4.69, 9.17) is 5.73 Å². The summed E-state index contributed by atoms with van der Waals surface area (Å²) in [4.78, 5) is 16.5. The topological polar surface area (TPSA) is 61.6 Å². The van der Waals surface area contributed by atoms with Gasteiger partial charge in [0.05, 0.1) is 6.04 Å². The molecular weight excluding hydrogens is 228 g/mol. The van der Waals surface area contributed by atoms with E-state index in [0.717, 1.165) is 26.2 Å². The molecule has 5 heteroatoms. The van der Waals surface area contributed by atoms with Crippen molar-refractivity contribution in [2.24, 2.45) is 11.7 Å². The van der Waals surface area contributed by atoms with E-state index in [9.17, 15) is 4.79 Å². The van der Waals surface area contributed by atoms with Crippen molar-refractivity contribution in [2.75, 3.05) is 39.8 Å². The zero-order valence-electron chi connectivity index (χ0n) is 12.1. The third-order valence-corrected chi connectivity index (χ3v) is 3.75. The van der Waals surface area contributed by atoms with Crippen LogP contribution < -0.4 is 11.1 Å². The van der Waals surface area contributed by atoms with E-state index in [1.165, 1.54) is 0 Å². The van der Waals surface area contributed by atoms with Gasteiger partial charge in [-0.1, -0.05) is 13.8 Å². The van der Waals surface area contributed by atoms with Crippen molar-refractivity contribution >= 4 is 5.91 Å². The Kier molecular flexibility index (Phi) is 6.05. The third-order valence-electron chi connectivity index (χ3n) is 3.75. The molecular formula is C13H28N4O. The van der Waals surface area contributed by atoms with Crippen LogP contribution in [0.3, 0.4) is 0 Å². The van der Waals surface area contributed by atoms with Crippen LogP contribution in [0.15, 0.2) is 0 Å². The van der Waals surface area contributed by atoms with Crippen molar-refractivity contribution < 1.29 is 4.79 Å². The Labute approximate surface area is 111 Å². The summed E-state index contributed by atoms with van der Waals surface area (Å²) in [6.45, 7) is 11.1. The van der Waals surface area contributed by atoms with E-state index in [1.54, 1.807) is 0 Å². The number of likely N-dealkylation sites (N-methyl/N-ethyl adjacent to an activating group) is 1. The van der Waals surface area contributed by atoms with Gasteiger partial charge < -0.3 is 16.0 Å². The Balaban J connectivity index is 2.28. The quantitative estimate of drug-likeness (QED) is 0.710. The molecule has 1 saturated heterocycles. The maximum Gasteiger partial charge on any atom is 0.237 e. The number of piperazine rings is 1. The Morgan fingerprint density at radius 2 is 1.78 bits per heavy atom. The van der Waals surface area contributed by atoms with Crippen molar-refractivity contribution in [1.29, 1.82) is 0 Å². The summed E-state index contributed by atoms with van der Waals surface area (Å²) in [6.07, 6.45) is 0. The second-order valence-corrected chi connectivity index (χ2v) is 5.70. The molecule has 2 atom stereocenters. The minimum atomic E-state index is -0.398. The van der Waals surface area contributed by atoms with Crippen LogP contribution in [0, 0.1) is 5.92 Å². The van der Waals surface area contributed by atoms with Crippen LogP contribution in [0.4, 0.5) is 0 Å². The number of nitrogens with one attached hydrogen (secondary N) is 1. The van der Waals surface area contributed by atoms with Crippen LogP contribution in [-0.2, 0) is 4.79 Å². The summed E-state index contributed by atoms with van der Waals surface area (Å²) in [7, 11) is 2.14. The van der Waals surface area contributed by atoms with Gasteiger partial charge in [0, 0.05) is 38.8 Å². The predicted molar refractivity (Wildman–Crippen MR) is 74.4 cm³/mol. The molecule has 0 aromatic carbocycles. The molecule has 106 valence electrons. The molecule has 5 nitrogen and oxygen atoms in total. The van der Waals surface area contributed by atoms with Gasteiger partial charge in [-0.2, -0.15) is 0 Å². The first-order chi connectivity index (χ1) is 8.41. The molecule has 18 heavy (non-hydrogen) atoms. The normalized spacial score (nSPS) is 21.9. The number of carbonyl (C=O) groups excluding carboxylic acids is 1. The Morgan fingerprint density at radius 1 is 1.22 bits per heavy atom. The Hall–Kier alpha value is -0.650. The SMILES string of the molecule is CC(C)[C@H](N)C(=O)NCC(C)N1CCN(C)CC1. The van der Waals surface area contributed by atoms with Gasteiger partial charge in [0.25, 0.3) is 0 Å². The van der Waals surface area contributed by atoms with Crippen molar-refractivity contribution in [3.63, 3.8) is 0 Å². The van der Waals surface area contributed by atoms with E-state index in [0.29, 0.717) is 12.6 Å². The zero-order valence-corrected chi connectivity index (χ0v) is 12.1. The average molecular weight is 256 g/mol. The van der Waals surface area contributed by atoms with Gasteiger partial charge in [-0.3, -0.25) is 9.69 Å². The maximum atomic E-state index is 11.8. The first kappa shape index (κ1) is 15.4. The predicted octanol–water partition coefficient (Wildman–Crippen LogP) is -0.278. The van der Waals surface area contributed by atoms with Gasteiger partial charge in [-0.15, -0.1) is 0 Å². The summed E-state index contributed by atoms with van der Waals surface area (Å²) in [5.41, 5.74) is 5.81. The van der Waals surface area contributed by atoms with Crippen LogP contribution in [0.5, 0.6) is 0 Å². The van der Waals surface area contributed by atoms with Gasteiger partial charge >= 0.3 is 0 Å². The molecule has 0 radical (unpaired) electrons. The van der Waals surface area contributed by atoms with E-state index < -0.39 is 6.04 Å².